The lowest BCUT2D eigenvalue weighted by Crippen LogP contribution is -2.57. The quantitative estimate of drug-likeness (QED) is 0.882. The maximum Gasteiger partial charge on any atom is 0.405 e. The van der Waals surface area contributed by atoms with Crippen LogP contribution in [0.4, 0.5) is 13.2 Å². The standard InChI is InChI=1S/C12H16F3N3OS/c13-12(14,15)10(18-4-2-16-3-5-18)7-17-11(19)9-1-6-20-8-9/h1,6,8,10,16H,2-5,7H2,(H,17,19). The normalized spacial score (nSPS) is 18.8. The van der Waals surface area contributed by atoms with E-state index in [1.165, 1.54) is 16.2 Å². The lowest BCUT2D eigenvalue weighted by molar-refractivity contribution is -0.183. The topological polar surface area (TPSA) is 44.4 Å². The van der Waals surface area contributed by atoms with Crippen molar-refractivity contribution in [2.24, 2.45) is 0 Å². The summed E-state index contributed by atoms with van der Waals surface area (Å²) < 4.78 is 39.3. The first kappa shape index (κ1) is 15.3. The molecular formula is C12H16F3N3OS. The minimum atomic E-state index is -4.35. The molecule has 1 atom stereocenters. The van der Waals surface area contributed by atoms with E-state index in [2.05, 4.69) is 10.6 Å². The molecule has 0 aliphatic carbocycles. The number of hydrogen-bond donors (Lipinski definition) is 2. The van der Waals surface area contributed by atoms with E-state index in [0.29, 0.717) is 31.7 Å². The van der Waals surface area contributed by atoms with Crippen LogP contribution in [-0.4, -0.2) is 55.7 Å². The van der Waals surface area contributed by atoms with Crippen LogP contribution in [-0.2, 0) is 0 Å². The number of piperazine rings is 1. The van der Waals surface area contributed by atoms with Crippen molar-refractivity contribution in [3.63, 3.8) is 0 Å². The maximum atomic E-state index is 13.1. The summed E-state index contributed by atoms with van der Waals surface area (Å²) in [5.74, 6) is -0.462. The Morgan fingerprint density at radius 2 is 2.15 bits per heavy atom. The molecule has 8 heteroatoms. The Bertz CT molecular complexity index is 430. The molecule has 0 saturated carbocycles. The van der Waals surface area contributed by atoms with Crippen LogP contribution < -0.4 is 10.6 Å². The number of thiophene rings is 1. The molecule has 1 aromatic rings. The molecule has 1 aromatic heterocycles. The third-order valence-electron chi connectivity index (χ3n) is 3.21. The van der Waals surface area contributed by atoms with Crippen LogP contribution >= 0.6 is 11.3 Å². The highest BCUT2D eigenvalue weighted by Gasteiger charge is 2.43. The van der Waals surface area contributed by atoms with Gasteiger partial charge in [-0.3, -0.25) is 9.69 Å². The summed E-state index contributed by atoms with van der Waals surface area (Å²) >= 11 is 1.33. The molecule has 0 radical (unpaired) electrons. The molecule has 0 bridgehead atoms. The molecule has 1 aliphatic rings. The zero-order valence-corrected chi connectivity index (χ0v) is 11.6. The molecule has 2 heterocycles. The molecule has 1 saturated heterocycles. The van der Waals surface area contributed by atoms with Gasteiger partial charge in [0.1, 0.15) is 6.04 Å². The highest BCUT2D eigenvalue weighted by molar-refractivity contribution is 7.08. The molecular weight excluding hydrogens is 291 g/mol. The van der Waals surface area contributed by atoms with Gasteiger partial charge in [0.25, 0.3) is 5.91 Å². The summed E-state index contributed by atoms with van der Waals surface area (Å²) in [6.07, 6.45) is -4.35. The molecule has 1 unspecified atom stereocenters. The lowest BCUT2D eigenvalue weighted by Gasteiger charge is -2.35. The van der Waals surface area contributed by atoms with Gasteiger partial charge in [-0.1, -0.05) is 0 Å². The number of halogens is 3. The third-order valence-corrected chi connectivity index (χ3v) is 3.89. The Morgan fingerprint density at radius 3 is 2.70 bits per heavy atom. The first-order valence-corrected chi connectivity index (χ1v) is 7.24. The Kier molecular flexibility index (Phi) is 5.00. The molecule has 1 aliphatic heterocycles. The van der Waals surface area contributed by atoms with Gasteiger partial charge in [-0.25, -0.2) is 0 Å². The smallest absolute Gasteiger partial charge is 0.350 e. The molecule has 4 nitrogen and oxygen atoms in total. The van der Waals surface area contributed by atoms with Crippen LogP contribution in [0.25, 0.3) is 0 Å². The molecule has 20 heavy (non-hydrogen) atoms. The Balaban J connectivity index is 1.95. The van der Waals surface area contributed by atoms with E-state index in [9.17, 15) is 18.0 Å². The largest absolute Gasteiger partial charge is 0.405 e. The summed E-state index contributed by atoms with van der Waals surface area (Å²) in [6.45, 7) is 1.31. The number of carbonyl (C=O) groups excluding carboxylic acids is 1. The van der Waals surface area contributed by atoms with Gasteiger partial charge in [-0.15, -0.1) is 0 Å². The van der Waals surface area contributed by atoms with Crippen LogP contribution in [0, 0.1) is 0 Å². The minimum absolute atomic E-state index is 0.332. The van der Waals surface area contributed by atoms with Crippen LogP contribution in [0.2, 0.25) is 0 Å². The average molecular weight is 307 g/mol. The SMILES string of the molecule is O=C(NCC(N1CCNCC1)C(F)(F)F)c1ccsc1. The van der Waals surface area contributed by atoms with Gasteiger partial charge in [0.15, 0.2) is 0 Å². The van der Waals surface area contributed by atoms with E-state index in [0.717, 1.165) is 0 Å². The highest BCUT2D eigenvalue weighted by Crippen LogP contribution is 2.24. The van der Waals surface area contributed by atoms with Crippen molar-refractivity contribution in [2.75, 3.05) is 32.7 Å². The van der Waals surface area contributed by atoms with E-state index in [-0.39, 0.29) is 0 Å². The lowest BCUT2D eigenvalue weighted by atomic mass is 10.2. The summed E-state index contributed by atoms with van der Waals surface area (Å²) in [4.78, 5) is 13.1. The predicted octanol–water partition coefficient (Wildman–Crippen LogP) is 1.31. The number of alkyl halides is 3. The molecule has 1 fully saturated rings. The molecule has 0 aromatic carbocycles. The van der Waals surface area contributed by atoms with Crippen molar-refractivity contribution in [1.82, 2.24) is 15.5 Å². The number of nitrogens with one attached hydrogen (secondary N) is 2. The molecule has 0 spiro atoms. The Hall–Kier alpha value is -1.12. The van der Waals surface area contributed by atoms with E-state index >= 15 is 0 Å². The van der Waals surface area contributed by atoms with E-state index in [4.69, 9.17) is 0 Å². The zero-order valence-electron chi connectivity index (χ0n) is 10.7. The molecule has 2 rings (SSSR count). The van der Waals surface area contributed by atoms with Crippen LogP contribution in [0.15, 0.2) is 16.8 Å². The Labute approximate surface area is 119 Å². The van der Waals surface area contributed by atoms with Crippen LogP contribution in [0.1, 0.15) is 10.4 Å². The van der Waals surface area contributed by atoms with Gasteiger partial charge in [-0.2, -0.15) is 24.5 Å². The van der Waals surface area contributed by atoms with E-state index in [1.54, 1.807) is 16.8 Å². The average Bonchev–Trinajstić information content (AvgIpc) is 2.92. The molecule has 1 amide bonds. The molecule has 2 N–H and O–H groups in total. The van der Waals surface area contributed by atoms with Gasteiger partial charge in [0, 0.05) is 43.7 Å². The first-order chi connectivity index (χ1) is 9.48. The number of hydrogen-bond acceptors (Lipinski definition) is 4. The van der Waals surface area contributed by atoms with Gasteiger partial charge in [0.05, 0.1) is 0 Å². The summed E-state index contributed by atoms with van der Waals surface area (Å²) in [6, 6.07) is -0.0416. The van der Waals surface area contributed by atoms with Crippen molar-refractivity contribution in [3.05, 3.63) is 22.4 Å². The number of carbonyl (C=O) groups is 1. The summed E-state index contributed by atoms with van der Waals surface area (Å²) in [5, 5.41) is 8.72. The second kappa shape index (κ2) is 6.55. The number of rotatable bonds is 4. The fourth-order valence-corrected chi connectivity index (χ4v) is 2.77. The molecule has 112 valence electrons. The van der Waals surface area contributed by atoms with Gasteiger partial charge in [-0.05, 0) is 11.4 Å². The van der Waals surface area contributed by atoms with Crippen molar-refractivity contribution < 1.29 is 18.0 Å². The fourth-order valence-electron chi connectivity index (χ4n) is 2.13. The van der Waals surface area contributed by atoms with E-state index in [1.807, 2.05) is 0 Å². The minimum Gasteiger partial charge on any atom is -0.350 e. The first-order valence-electron chi connectivity index (χ1n) is 6.30. The maximum absolute atomic E-state index is 13.1. The van der Waals surface area contributed by atoms with Crippen molar-refractivity contribution in [3.8, 4) is 0 Å². The van der Waals surface area contributed by atoms with Crippen molar-refractivity contribution in [1.29, 1.82) is 0 Å². The van der Waals surface area contributed by atoms with Crippen molar-refractivity contribution >= 4 is 17.2 Å². The second-order valence-corrected chi connectivity index (χ2v) is 5.35. The predicted molar refractivity (Wildman–Crippen MR) is 70.9 cm³/mol. The zero-order chi connectivity index (χ0) is 14.6. The van der Waals surface area contributed by atoms with Gasteiger partial charge >= 0.3 is 6.18 Å². The summed E-state index contributed by atoms with van der Waals surface area (Å²) in [5.41, 5.74) is 0.399. The number of amides is 1. The second-order valence-electron chi connectivity index (χ2n) is 4.57. The van der Waals surface area contributed by atoms with Gasteiger partial charge < -0.3 is 10.6 Å². The summed E-state index contributed by atoms with van der Waals surface area (Å²) in [7, 11) is 0. The monoisotopic (exact) mass is 307 g/mol. The third kappa shape index (κ3) is 3.94. The van der Waals surface area contributed by atoms with E-state index < -0.39 is 24.7 Å². The highest BCUT2D eigenvalue weighted by atomic mass is 32.1. The van der Waals surface area contributed by atoms with Crippen molar-refractivity contribution in [2.45, 2.75) is 12.2 Å². The number of nitrogens with zero attached hydrogens (tertiary/aromatic N) is 1. The Morgan fingerprint density at radius 1 is 1.45 bits per heavy atom. The van der Waals surface area contributed by atoms with Gasteiger partial charge in [0.2, 0.25) is 0 Å². The van der Waals surface area contributed by atoms with Crippen LogP contribution in [0.5, 0.6) is 0 Å². The van der Waals surface area contributed by atoms with Crippen LogP contribution in [0.3, 0.4) is 0 Å². The fraction of sp³-hybridized carbons (Fsp3) is 0.583.